The minimum Gasteiger partial charge on any atom is -0.480 e. The van der Waals surface area contributed by atoms with Gasteiger partial charge in [0.05, 0.1) is 6.61 Å². The number of nitrogens with zero attached hydrogens (tertiary/aromatic N) is 1. The molecule has 0 saturated carbocycles. The molecule has 7 heteroatoms. The first kappa shape index (κ1) is 17.9. The average molecular weight is 356 g/mol. The van der Waals surface area contributed by atoms with E-state index in [1.165, 1.54) is 0 Å². The van der Waals surface area contributed by atoms with Crippen molar-refractivity contribution < 1.29 is 24.6 Å². The summed E-state index contributed by atoms with van der Waals surface area (Å²) in [5, 5.41) is 22.8. The zero-order chi connectivity index (χ0) is 18.8. The lowest BCUT2D eigenvalue weighted by Crippen LogP contribution is -2.50. The Morgan fingerprint density at radius 2 is 1.85 bits per heavy atom. The van der Waals surface area contributed by atoms with Crippen LogP contribution >= 0.6 is 0 Å². The monoisotopic (exact) mass is 356 g/mol. The van der Waals surface area contributed by atoms with Gasteiger partial charge in [-0.25, -0.2) is 4.79 Å². The average Bonchev–Trinajstić information content (AvgIpc) is 2.63. The van der Waals surface area contributed by atoms with Crippen LogP contribution in [-0.2, 0) is 4.79 Å². The summed E-state index contributed by atoms with van der Waals surface area (Å²) in [7, 11) is 0. The van der Waals surface area contributed by atoms with Gasteiger partial charge in [0.25, 0.3) is 11.8 Å². The van der Waals surface area contributed by atoms with E-state index in [0.717, 1.165) is 4.90 Å². The third-order valence-electron chi connectivity index (χ3n) is 4.53. The molecule has 0 saturated heterocycles. The molecule has 0 radical (unpaired) electrons. The van der Waals surface area contributed by atoms with Crippen molar-refractivity contribution >= 4 is 34.2 Å². The molecule has 136 valence electrons. The lowest BCUT2D eigenvalue weighted by molar-refractivity contribution is -0.141. The van der Waals surface area contributed by atoms with Gasteiger partial charge in [0.1, 0.15) is 6.04 Å². The van der Waals surface area contributed by atoms with Crippen LogP contribution in [0.15, 0.2) is 30.3 Å². The first-order valence-corrected chi connectivity index (χ1v) is 8.52. The Kier molecular flexibility index (Phi) is 4.90. The topological polar surface area (TPSA) is 107 Å². The number of carbonyl (C=O) groups is 3. The second-order valence-electron chi connectivity index (χ2n) is 6.16. The number of carbonyl (C=O) groups excluding carboxylic acids is 2. The zero-order valence-electron chi connectivity index (χ0n) is 14.4. The van der Waals surface area contributed by atoms with E-state index in [4.69, 9.17) is 5.11 Å². The molecular formula is C19H20N2O5. The largest absolute Gasteiger partial charge is 0.480 e. The number of hydrogen-bond acceptors (Lipinski definition) is 5. The molecule has 26 heavy (non-hydrogen) atoms. The van der Waals surface area contributed by atoms with Crippen molar-refractivity contribution in [3.63, 3.8) is 0 Å². The molecule has 1 aliphatic heterocycles. The van der Waals surface area contributed by atoms with Gasteiger partial charge in [-0.1, -0.05) is 25.5 Å². The van der Waals surface area contributed by atoms with Gasteiger partial charge in [0.2, 0.25) is 0 Å². The number of hydrogen-bond donors (Lipinski definition) is 3. The molecule has 2 amide bonds. The third kappa shape index (κ3) is 2.80. The van der Waals surface area contributed by atoms with Crippen LogP contribution in [0.2, 0.25) is 0 Å². The maximum atomic E-state index is 12.9. The fourth-order valence-corrected chi connectivity index (χ4v) is 3.38. The molecule has 1 atom stereocenters. The van der Waals surface area contributed by atoms with Crippen LogP contribution in [0.4, 0.5) is 5.69 Å². The number of carboxylic acids is 1. The van der Waals surface area contributed by atoms with Crippen molar-refractivity contribution in [3.05, 3.63) is 41.5 Å². The number of rotatable bonds is 7. The van der Waals surface area contributed by atoms with Crippen LogP contribution in [0.1, 0.15) is 40.5 Å². The molecule has 3 N–H and O–H groups in total. The second kappa shape index (κ2) is 7.13. The Morgan fingerprint density at radius 3 is 2.46 bits per heavy atom. The van der Waals surface area contributed by atoms with E-state index in [1.807, 2.05) is 6.92 Å². The number of carboxylic acid groups (broad SMARTS) is 1. The number of aliphatic hydroxyl groups excluding tert-OH is 1. The molecule has 2 aromatic rings. The Balaban J connectivity index is 2.17. The van der Waals surface area contributed by atoms with Crippen molar-refractivity contribution in [1.82, 2.24) is 4.90 Å². The molecule has 3 rings (SSSR count). The van der Waals surface area contributed by atoms with Crippen molar-refractivity contribution in [2.75, 3.05) is 18.5 Å². The molecule has 0 bridgehead atoms. The third-order valence-corrected chi connectivity index (χ3v) is 4.53. The van der Waals surface area contributed by atoms with Gasteiger partial charge in [0, 0.05) is 34.1 Å². The summed E-state index contributed by atoms with van der Waals surface area (Å²) < 4.78 is 0. The summed E-state index contributed by atoms with van der Waals surface area (Å²) in [4.78, 5) is 38.4. The molecule has 0 unspecified atom stereocenters. The summed E-state index contributed by atoms with van der Waals surface area (Å²) in [6.07, 6.45) is 0.739. The molecule has 0 aliphatic carbocycles. The Morgan fingerprint density at radius 1 is 1.15 bits per heavy atom. The van der Waals surface area contributed by atoms with Gasteiger partial charge in [-0.2, -0.15) is 0 Å². The highest BCUT2D eigenvalue weighted by Crippen LogP contribution is 2.35. The lowest BCUT2D eigenvalue weighted by atomic mass is 9.91. The maximum Gasteiger partial charge on any atom is 0.326 e. The number of anilines is 1. The summed E-state index contributed by atoms with van der Waals surface area (Å²) in [5.74, 6) is -2.37. The quantitative estimate of drug-likeness (QED) is 0.656. The molecule has 0 fully saturated rings. The van der Waals surface area contributed by atoms with Crippen molar-refractivity contribution in [2.24, 2.45) is 0 Å². The Hall–Kier alpha value is -2.93. The SMILES string of the molecule is CCC[C@@H](C(=O)O)N1C(=O)c2cccc3c(NCCO)ccc(c23)C1=O. The molecule has 0 spiro atoms. The van der Waals surface area contributed by atoms with E-state index in [1.54, 1.807) is 30.3 Å². The van der Waals surface area contributed by atoms with E-state index < -0.39 is 23.8 Å². The molecule has 2 aromatic carbocycles. The van der Waals surface area contributed by atoms with E-state index in [0.29, 0.717) is 40.6 Å². The number of benzene rings is 2. The van der Waals surface area contributed by atoms with Gasteiger partial charge in [0.15, 0.2) is 0 Å². The van der Waals surface area contributed by atoms with E-state index >= 15 is 0 Å². The van der Waals surface area contributed by atoms with Crippen LogP contribution in [0.3, 0.4) is 0 Å². The molecule has 7 nitrogen and oxygen atoms in total. The maximum absolute atomic E-state index is 12.9. The van der Waals surface area contributed by atoms with Crippen LogP contribution < -0.4 is 5.32 Å². The van der Waals surface area contributed by atoms with Crippen LogP contribution in [-0.4, -0.2) is 52.1 Å². The van der Waals surface area contributed by atoms with Gasteiger partial charge in [-0.15, -0.1) is 0 Å². The van der Waals surface area contributed by atoms with Crippen molar-refractivity contribution in [1.29, 1.82) is 0 Å². The van der Waals surface area contributed by atoms with Gasteiger partial charge in [-0.05, 0) is 24.6 Å². The summed E-state index contributed by atoms with van der Waals surface area (Å²) in [5.41, 5.74) is 1.33. The molecule has 0 aromatic heterocycles. The Bertz CT molecular complexity index is 871. The van der Waals surface area contributed by atoms with E-state index in [2.05, 4.69) is 5.32 Å². The van der Waals surface area contributed by atoms with Crippen LogP contribution in [0.5, 0.6) is 0 Å². The highest BCUT2D eigenvalue weighted by Gasteiger charge is 2.40. The molecular weight excluding hydrogens is 336 g/mol. The second-order valence-corrected chi connectivity index (χ2v) is 6.16. The molecule has 1 aliphatic rings. The number of nitrogens with one attached hydrogen (secondary N) is 1. The molecule has 1 heterocycles. The fourth-order valence-electron chi connectivity index (χ4n) is 3.38. The fraction of sp³-hybridized carbons (Fsp3) is 0.316. The summed E-state index contributed by atoms with van der Waals surface area (Å²) >= 11 is 0. The highest BCUT2D eigenvalue weighted by atomic mass is 16.4. The van der Waals surface area contributed by atoms with Crippen LogP contribution in [0, 0.1) is 0 Å². The summed E-state index contributed by atoms with van der Waals surface area (Å²) in [6.45, 7) is 2.10. The number of aliphatic carboxylic acids is 1. The van der Waals surface area contributed by atoms with Gasteiger partial charge in [-0.3, -0.25) is 14.5 Å². The zero-order valence-corrected chi connectivity index (χ0v) is 14.4. The minimum atomic E-state index is -1.19. The van der Waals surface area contributed by atoms with E-state index in [9.17, 15) is 19.5 Å². The highest BCUT2D eigenvalue weighted by molar-refractivity contribution is 6.27. The van der Waals surface area contributed by atoms with E-state index in [-0.39, 0.29) is 13.0 Å². The predicted octanol–water partition coefficient (Wildman–Crippen LogP) is 2.09. The normalized spacial score (nSPS) is 14.6. The first-order valence-electron chi connectivity index (χ1n) is 8.52. The van der Waals surface area contributed by atoms with Crippen molar-refractivity contribution in [3.8, 4) is 0 Å². The minimum absolute atomic E-state index is 0.0497. The predicted molar refractivity (Wildman–Crippen MR) is 96.4 cm³/mol. The lowest BCUT2D eigenvalue weighted by Gasteiger charge is -2.31. The van der Waals surface area contributed by atoms with Crippen LogP contribution in [0.25, 0.3) is 10.8 Å². The first-order chi connectivity index (χ1) is 12.5. The summed E-state index contributed by atoms with van der Waals surface area (Å²) in [6, 6.07) is 7.22. The van der Waals surface area contributed by atoms with Gasteiger partial charge >= 0.3 is 5.97 Å². The smallest absolute Gasteiger partial charge is 0.326 e. The van der Waals surface area contributed by atoms with Gasteiger partial charge < -0.3 is 15.5 Å². The standard InChI is InChI=1S/C19H20N2O5/c1-2-4-15(19(25)26)21-17(23)12-6-3-5-11-14(20-9-10-22)8-7-13(16(11)12)18(21)24/h3,5-8,15,20,22H,2,4,9-10H2,1H3,(H,25,26)/t15-/m0/s1. The number of amides is 2. The Labute approximate surface area is 150 Å². The number of imide groups is 1. The number of aliphatic hydroxyl groups is 1. The van der Waals surface area contributed by atoms with Crippen molar-refractivity contribution in [2.45, 2.75) is 25.8 Å².